The van der Waals surface area contributed by atoms with Crippen molar-refractivity contribution in [2.45, 2.75) is 394 Å². The van der Waals surface area contributed by atoms with Gasteiger partial charge >= 0.3 is 39.5 Å². The summed E-state index contributed by atoms with van der Waals surface area (Å²) in [6, 6.07) is 0. The van der Waals surface area contributed by atoms with E-state index in [0.717, 1.165) is 95.8 Å². The molecule has 0 rings (SSSR count). The minimum atomic E-state index is -4.95. The number of hydrogen-bond donors (Lipinski definition) is 3. The van der Waals surface area contributed by atoms with Gasteiger partial charge in [0.2, 0.25) is 0 Å². The molecule has 5 atom stereocenters. The molecule has 2 unspecified atom stereocenters. The zero-order chi connectivity index (χ0) is 67.9. The van der Waals surface area contributed by atoms with Crippen molar-refractivity contribution in [2.24, 2.45) is 11.8 Å². The molecule has 0 aliphatic heterocycles. The van der Waals surface area contributed by atoms with Crippen molar-refractivity contribution in [3.63, 3.8) is 0 Å². The molecule has 0 fully saturated rings. The topological polar surface area (TPSA) is 237 Å². The van der Waals surface area contributed by atoms with Gasteiger partial charge in [0.25, 0.3) is 0 Å². The smallest absolute Gasteiger partial charge is 0.462 e. The maximum atomic E-state index is 13.1. The molecule has 17 nitrogen and oxygen atoms in total. The fourth-order valence-corrected chi connectivity index (χ4v) is 12.7. The second kappa shape index (κ2) is 65.0. The van der Waals surface area contributed by atoms with Crippen molar-refractivity contribution in [3.8, 4) is 0 Å². The molecular weight excluding hydrogens is 1210 g/mol. The summed E-state index contributed by atoms with van der Waals surface area (Å²) < 4.78 is 68.3. The Hall–Kier alpha value is -1.94. The lowest BCUT2D eigenvalue weighted by molar-refractivity contribution is -0.161. The van der Waals surface area contributed by atoms with Crippen molar-refractivity contribution < 1.29 is 80.2 Å². The highest BCUT2D eigenvalue weighted by molar-refractivity contribution is 7.47. The number of hydrogen-bond acceptors (Lipinski definition) is 15. The Morgan fingerprint density at radius 1 is 0.293 bits per heavy atom. The van der Waals surface area contributed by atoms with Crippen LogP contribution in [0.4, 0.5) is 0 Å². The molecule has 0 heterocycles. The van der Waals surface area contributed by atoms with Gasteiger partial charge in [0.05, 0.1) is 26.4 Å². The van der Waals surface area contributed by atoms with Crippen molar-refractivity contribution in [3.05, 3.63) is 0 Å². The van der Waals surface area contributed by atoms with E-state index in [1.165, 1.54) is 193 Å². The lowest BCUT2D eigenvalue weighted by Gasteiger charge is -2.21. The van der Waals surface area contributed by atoms with E-state index in [-0.39, 0.29) is 25.7 Å². The molecule has 92 heavy (non-hydrogen) atoms. The third-order valence-corrected chi connectivity index (χ3v) is 18.9. The number of carbonyl (C=O) groups excluding carboxylic acids is 4. The number of carbonyl (C=O) groups is 4. The van der Waals surface area contributed by atoms with Gasteiger partial charge in [-0.1, -0.05) is 324 Å². The van der Waals surface area contributed by atoms with Gasteiger partial charge in [0, 0.05) is 25.7 Å². The number of ether oxygens (including phenoxy) is 4. The molecule has 0 radical (unpaired) electrons. The minimum absolute atomic E-state index is 0.102. The van der Waals surface area contributed by atoms with Crippen LogP contribution >= 0.6 is 15.6 Å². The summed E-state index contributed by atoms with van der Waals surface area (Å²) >= 11 is 0. The predicted molar refractivity (Wildman–Crippen MR) is 372 cm³/mol. The fourth-order valence-electron chi connectivity index (χ4n) is 11.1. The Bertz CT molecular complexity index is 1790. The van der Waals surface area contributed by atoms with Crippen molar-refractivity contribution >= 4 is 39.5 Å². The number of aliphatic hydroxyl groups excluding tert-OH is 1. The molecule has 0 amide bonds. The Morgan fingerprint density at radius 2 is 0.500 bits per heavy atom. The van der Waals surface area contributed by atoms with Crippen molar-refractivity contribution in [1.29, 1.82) is 0 Å². The van der Waals surface area contributed by atoms with Crippen LogP contribution in [0.25, 0.3) is 0 Å². The Kier molecular flexibility index (Phi) is 63.7. The summed E-state index contributed by atoms with van der Waals surface area (Å²) in [5.74, 6) is -0.699. The summed E-state index contributed by atoms with van der Waals surface area (Å²) in [5, 5.41) is 10.6. The van der Waals surface area contributed by atoms with Crippen LogP contribution in [0.1, 0.15) is 375 Å². The van der Waals surface area contributed by atoms with Crippen LogP contribution in [0.5, 0.6) is 0 Å². The molecule has 3 N–H and O–H groups in total. The van der Waals surface area contributed by atoms with Crippen LogP contribution in [0, 0.1) is 11.8 Å². The number of phosphoric acid groups is 2. The van der Waals surface area contributed by atoms with Crippen molar-refractivity contribution in [1.82, 2.24) is 0 Å². The van der Waals surface area contributed by atoms with Gasteiger partial charge in [-0.2, -0.15) is 0 Å². The monoisotopic (exact) mass is 1350 g/mol. The molecule has 0 saturated carbocycles. The Morgan fingerprint density at radius 3 is 0.739 bits per heavy atom. The molecule has 0 spiro atoms. The van der Waals surface area contributed by atoms with Crippen LogP contribution in [0.3, 0.4) is 0 Å². The number of rotatable bonds is 72. The van der Waals surface area contributed by atoms with Crippen LogP contribution in [0.2, 0.25) is 0 Å². The number of unbranched alkanes of at least 4 members (excludes halogenated alkanes) is 42. The Labute approximate surface area is 562 Å². The quantitative estimate of drug-likeness (QED) is 0.0222. The van der Waals surface area contributed by atoms with Gasteiger partial charge in [0.15, 0.2) is 12.2 Å². The molecule has 0 aromatic carbocycles. The maximum absolute atomic E-state index is 13.1. The van der Waals surface area contributed by atoms with Gasteiger partial charge < -0.3 is 33.8 Å². The second-order valence-electron chi connectivity index (χ2n) is 27.3. The standard InChI is InChI=1S/C73H142O17P2/c1-7-9-11-13-15-17-18-19-20-21-22-23-24-25-26-27-28-34-38-45-51-57-72(77)89-68(61-84-71(76)56-50-44-37-33-30-29-32-35-41-47-53-65(3)4)63-87-91(79,80)85-59-67(74)60-86-92(81,82)88-64-69(90-73(78)58-52-46-40-39-42-48-54-66(5)6)62-83-70(75)55-49-43-36-31-16-14-12-10-8-2/h65-69,74H,7-64H2,1-6H3,(H,79,80)(H,81,82)/t67-,68-,69-/m1/s1. The summed E-state index contributed by atoms with van der Waals surface area (Å²) in [6.45, 7) is 9.45. The van der Waals surface area contributed by atoms with E-state index in [1.54, 1.807) is 0 Å². The van der Waals surface area contributed by atoms with E-state index in [0.29, 0.717) is 31.6 Å². The SMILES string of the molecule is CCCCCCCCCCCCCCCCCCCCCCCC(=O)O[C@H](COC(=O)CCCCCCCCCCCCC(C)C)COP(=O)(O)OC[C@@H](O)COP(=O)(O)OC[C@@H](COC(=O)CCCCCCCCCCC)OC(=O)CCCCCCCCC(C)C. The van der Waals surface area contributed by atoms with Crippen LogP contribution < -0.4 is 0 Å². The minimum Gasteiger partial charge on any atom is -0.462 e. The first kappa shape index (κ1) is 90.1. The number of aliphatic hydroxyl groups is 1. The molecule has 0 aromatic rings. The van der Waals surface area contributed by atoms with Crippen LogP contribution in [0.15, 0.2) is 0 Å². The molecule has 0 aromatic heterocycles. The fraction of sp³-hybridized carbons (Fsp3) is 0.945. The highest BCUT2D eigenvalue weighted by Crippen LogP contribution is 2.45. The lowest BCUT2D eigenvalue weighted by atomic mass is 10.0. The highest BCUT2D eigenvalue weighted by Gasteiger charge is 2.30. The van der Waals surface area contributed by atoms with E-state index in [2.05, 4.69) is 41.5 Å². The van der Waals surface area contributed by atoms with Crippen LogP contribution in [-0.2, 0) is 65.4 Å². The van der Waals surface area contributed by atoms with E-state index < -0.39 is 97.5 Å². The first-order valence-electron chi connectivity index (χ1n) is 38.0. The second-order valence-corrected chi connectivity index (χ2v) is 30.2. The van der Waals surface area contributed by atoms with E-state index >= 15 is 0 Å². The van der Waals surface area contributed by atoms with Gasteiger partial charge in [-0.25, -0.2) is 9.13 Å². The third kappa shape index (κ3) is 66.7. The molecule has 19 heteroatoms. The van der Waals surface area contributed by atoms with E-state index in [1.807, 2.05) is 0 Å². The first-order valence-corrected chi connectivity index (χ1v) is 41.0. The largest absolute Gasteiger partial charge is 0.472 e. The molecule has 0 aliphatic rings. The number of phosphoric ester groups is 2. The lowest BCUT2D eigenvalue weighted by Crippen LogP contribution is -2.30. The van der Waals surface area contributed by atoms with Crippen molar-refractivity contribution in [2.75, 3.05) is 39.6 Å². The normalized spacial score (nSPS) is 14.1. The molecule has 0 aliphatic carbocycles. The summed E-state index contributed by atoms with van der Waals surface area (Å²) in [7, 11) is -9.90. The van der Waals surface area contributed by atoms with Crippen LogP contribution in [-0.4, -0.2) is 96.7 Å². The zero-order valence-corrected chi connectivity index (χ0v) is 61.6. The maximum Gasteiger partial charge on any atom is 0.472 e. The van der Waals surface area contributed by atoms with E-state index in [4.69, 9.17) is 37.0 Å². The summed E-state index contributed by atoms with van der Waals surface area (Å²) in [4.78, 5) is 72.5. The van der Waals surface area contributed by atoms with Gasteiger partial charge in [-0.15, -0.1) is 0 Å². The average molecular weight is 1350 g/mol. The predicted octanol–water partition coefficient (Wildman–Crippen LogP) is 21.2. The van der Waals surface area contributed by atoms with Gasteiger partial charge in [-0.3, -0.25) is 37.3 Å². The molecular formula is C73H142O17P2. The van der Waals surface area contributed by atoms with E-state index in [9.17, 15) is 43.2 Å². The summed E-state index contributed by atoms with van der Waals surface area (Å²) in [5.41, 5.74) is 0. The Balaban J connectivity index is 5.16. The average Bonchev–Trinajstić information content (AvgIpc) is 2.16. The van der Waals surface area contributed by atoms with Gasteiger partial charge in [-0.05, 0) is 37.5 Å². The zero-order valence-electron chi connectivity index (χ0n) is 59.9. The first-order chi connectivity index (χ1) is 44.4. The third-order valence-electron chi connectivity index (χ3n) is 17.0. The highest BCUT2D eigenvalue weighted by atomic mass is 31.2. The number of esters is 4. The molecule has 546 valence electrons. The summed E-state index contributed by atoms with van der Waals surface area (Å²) in [6.07, 6.45) is 51.7. The molecule has 0 bridgehead atoms. The van der Waals surface area contributed by atoms with Gasteiger partial charge in [0.1, 0.15) is 19.3 Å². The molecule has 0 saturated heterocycles.